The summed E-state index contributed by atoms with van der Waals surface area (Å²) in [6.45, 7) is 0.634. The summed E-state index contributed by atoms with van der Waals surface area (Å²) in [4.78, 5) is 4.19. The monoisotopic (exact) mass is 298 g/mol. The van der Waals surface area contributed by atoms with Crippen molar-refractivity contribution < 1.29 is 0 Å². The second kappa shape index (κ2) is 5.97. The SMILES string of the molecule is Cn1ncnc1CNc1cccc(-c2cccc(Cl)c2)c1. The van der Waals surface area contributed by atoms with Crippen LogP contribution in [0.2, 0.25) is 5.02 Å². The first-order valence-electron chi connectivity index (χ1n) is 6.65. The third-order valence-electron chi connectivity index (χ3n) is 3.28. The van der Waals surface area contributed by atoms with Crippen LogP contribution >= 0.6 is 11.6 Å². The average Bonchev–Trinajstić information content (AvgIpc) is 2.91. The van der Waals surface area contributed by atoms with Crippen LogP contribution in [0.15, 0.2) is 54.9 Å². The molecule has 2 aromatic carbocycles. The quantitative estimate of drug-likeness (QED) is 0.798. The van der Waals surface area contributed by atoms with Crippen molar-refractivity contribution in [1.29, 1.82) is 0 Å². The molecule has 0 amide bonds. The molecule has 1 N–H and O–H groups in total. The van der Waals surface area contributed by atoms with Gasteiger partial charge in [0, 0.05) is 17.8 Å². The Labute approximate surface area is 128 Å². The molecule has 0 spiro atoms. The Morgan fingerprint density at radius 2 is 1.86 bits per heavy atom. The Kier molecular flexibility index (Phi) is 3.88. The van der Waals surface area contributed by atoms with Gasteiger partial charge in [-0.15, -0.1) is 0 Å². The highest BCUT2D eigenvalue weighted by Gasteiger charge is 2.02. The molecule has 3 rings (SSSR count). The Balaban J connectivity index is 1.79. The van der Waals surface area contributed by atoms with Gasteiger partial charge < -0.3 is 5.32 Å². The molecule has 0 aliphatic heterocycles. The van der Waals surface area contributed by atoms with Crippen molar-refractivity contribution in [2.24, 2.45) is 7.05 Å². The van der Waals surface area contributed by atoms with E-state index < -0.39 is 0 Å². The van der Waals surface area contributed by atoms with Crippen LogP contribution in [0.1, 0.15) is 5.82 Å². The maximum absolute atomic E-state index is 6.05. The Morgan fingerprint density at radius 1 is 1.10 bits per heavy atom. The number of hydrogen-bond acceptors (Lipinski definition) is 3. The van der Waals surface area contributed by atoms with Crippen LogP contribution in [0, 0.1) is 0 Å². The minimum Gasteiger partial charge on any atom is -0.378 e. The molecule has 0 unspecified atom stereocenters. The van der Waals surface area contributed by atoms with E-state index in [0.29, 0.717) is 6.54 Å². The molecule has 0 atom stereocenters. The summed E-state index contributed by atoms with van der Waals surface area (Å²) >= 11 is 6.05. The summed E-state index contributed by atoms with van der Waals surface area (Å²) in [7, 11) is 1.88. The number of benzene rings is 2. The van der Waals surface area contributed by atoms with Crippen molar-refractivity contribution in [3.8, 4) is 11.1 Å². The molecule has 0 radical (unpaired) electrons. The minimum atomic E-state index is 0.634. The van der Waals surface area contributed by atoms with Gasteiger partial charge in [0.2, 0.25) is 0 Å². The Bertz CT molecular complexity index is 751. The van der Waals surface area contributed by atoms with Crippen LogP contribution in [0.3, 0.4) is 0 Å². The molecule has 0 saturated carbocycles. The normalized spacial score (nSPS) is 10.6. The van der Waals surface area contributed by atoms with E-state index in [1.165, 1.54) is 0 Å². The van der Waals surface area contributed by atoms with Crippen LogP contribution in [-0.4, -0.2) is 14.8 Å². The van der Waals surface area contributed by atoms with Gasteiger partial charge in [0.05, 0.1) is 6.54 Å². The van der Waals surface area contributed by atoms with Crippen molar-refractivity contribution in [2.45, 2.75) is 6.54 Å². The fraction of sp³-hybridized carbons (Fsp3) is 0.125. The van der Waals surface area contributed by atoms with Crippen LogP contribution in [0.4, 0.5) is 5.69 Å². The first kappa shape index (κ1) is 13.6. The van der Waals surface area contributed by atoms with Gasteiger partial charge in [-0.1, -0.05) is 35.9 Å². The van der Waals surface area contributed by atoms with E-state index in [1.807, 2.05) is 43.4 Å². The number of aryl methyl sites for hydroxylation is 1. The summed E-state index contributed by atoms with van der Waals surface area (Å²) in [5.74, 6) is 0.892. The number of nitrogens with one attached hydrogen (secondary N) is 1. The summed E-state index contributed by atoms with van der Waals surface area (Å²) in [5.41, 5.74) is 3.26. The van der Waals surface area contributed by atoms with Crippen LogP contribution in [0.25, 0.3) is 11.1 Å². The van der Waals surface area contributed by atoms with Crippen LogP contribution in [-0.2, 0) is 13.6 Å². The third-order valence-corrected chi connectivity index (χ3v) is 3.51. The molecule has 0 aliphatic rings. The minimum absolute atomic E-state index is 0.634. The topological polar surface area (TPSA) is 42.7 Å². The molecule has 21 heavy (non-hydrogen) atoms. The van der Waals surface area contributed by atoms with E-state index in [4.69, 9.17) is 11.6 Å². The molecule has 3 aromatic rings. The van der Waals surface area contributed by atoms with Crippen LogP contribution in [0.5, 0.6) is 0 Å². The van der Waals surface area contributed by atoms with Gasteiger partial charge in [0.15, 0.2) is 0 Å². The van der Waals surface area contributed by atoms with E-state index in [-0.39, 0.29) is 0 Å². The first-order valence-corrected chi connectivity index (χ1v) is 7.03. The molecule has 0 aliphatic carbocycles. The lowest BCUT2D eigenvalue weighted by Crippen LogP contribution is -2.06. The lowest BCUT2D eigenvalue weighted by molar-refractivity contribution is 0.712. The number of nitrogens with zero attached hydrogens (tertiary/aromatic N) is 3. The molecule has 0 saturated heterocycles. The maximum Gasteiger partial charge on any atom is 0.145 e. The lowest BCUT2D eigenvalue weighted by atomic mass is 10.1. The number of hydrogen-bond donors (Lipinski definition) is 1. The fourth-order valence-corrected chi connectivity index (χ4v) is 2.33. The Hall–Kier alpha value is -2.33. The van der Waals surface area contributed by atoms with Gasteiger partial charge in [0.1, 0.15) is 12.2 Å². The second-order valence-corrected chi connectivity index (χ2v) is 5.18. The standard InChI is InChI=1S/C16H15ClN4/c1-21-16(19-11-20-21)10-18-15-7-3-5-13(9-15)12-4-2-6-14(17)8-12/h2-9,11,18H,10H2,1H3. The third kappa shape index (κ3) is 3.23. The first-order chi connectivity index (χ1) is 10.2. The molecule has 5 heteroatoms. The van der Waals surface area contributed by atoms with E-state index in [2.05, 4.69) is 27.5 Å². The number of rotatable bonds is 4. The predicted octanol–water partition coefficient (Wildman–Crippen LogP) is 3.75. The van der Waals surface area contributed by atoms with Gasteiger partial charge in [-0.2, -0.15) is 5.10 Å². The zero-order valence-corrected chi connectivity index (χ0v) is 12.4. The predicted molar refractivity (Wildman–Crippen MR) is 85.2 cm³/mol. The van der Waals surface area contributed by atoms with Crippen LogP contribution < -0.4 is 5.32 Å². The van der Waals surface area contributed by atoms with Gasteiger partial charge in [0.25, 0.3) is 0 Å². The van der Waals surface area contributed by atoms with Crippen molar-refractivity contribution in [3.05, 3.63) is 65.7 Å². The van der Waals surface area contributed by atoms with E-state index in [1.54, 1.807) is 11.0 Å². The number of aromatic nitrogens is 3. The lowest BCUT2D eigenvalue weighted by Gasteiger charge is -2.08. The molecule has 0 fully saturated rings. The van der Waals surface area contributed by atoms with Gasteiger partial charge in [-0.3, -0.25) is 4.68 Å². The van der Waals surface area contributed by atoms with Crippen molar-refractivity contribution in [1.82, 2.24) is 14.8 Å². The highest BCUT2D eigenvalue weighted by molar-refractivity contribution is 6.30. The Morgan fingerprint density at radius 3 is 2.57 bits per heavy atom. The summed E-state index contributed by atoms with van der Waals surface area (Å²) in [6.07, 6.45) is 1.55. The highest BCUT2D eigenvalue weighted by Crippen LogP contribution is 2.25. The molecule has 1 aromatic heterocycles. The number of halogens is 1. The zero-order valence-electron chi connectivity index (χ0n) is 11.6. The largest absolute Gasteiger partial charge is 0.378 e. The molecule has 106 valence electrons. The van der Waals surface area contributed by atoms with Gasteiger partial charge >= 0.3 is 0 Å². The molecular formula is C16H15ClN4. The van der Waals surface area contributed by atoms with Gasteiger partial charge in [-0.25, -0.2) is 4.98 Å². The van der Waals surface area contributed by atoms with E-state index >= 15 is 0 Å². The highest BCUT2D eigenvalue weighted by atomic mass is 35.5. The van der Waals surface area contributed by atoms with E-state index in [0.717, 1.165) is 27.7 Å². The summed E-state index contributed by atoms with van der Waals surface area (Å²) in [5, 5.41) is 8.15. The molecule has 4 nitrogen and oxygen atoms in total. The number of anilines is 1. The maximum atomic E-state index is 6.05. The van der Waals surface area contributed by atoms with Gasteiger partial charge in [-0.05, 0) is 35.4 Å². The smallest absolute Gasteiger partial charge is 0.145 e. The molecule has 0 bridgehead atoms. The van der Waals surface area contributed by atoms with Crippen molar-refractivity contribution >= 4 is 17.3 Å². The second-order valence-electron chi connectivity index (χ2n) is 4.74. The zero-order chi connectivity index (χ0) is 14.7. The van der Waals surface area contributed by atoms with E-state index in [9.17, 15) is 0 Å². The summed E-state index contributed by atoms with van der Waals surface area (Å²) < 4.78 is 1.76. The molecular weight excluding hydrogens is 284 g/mol. The fourth-order valence-electron chi connectivity index (χ4n) is 2.14. The average molecular weight is 299 g/mol. The molecule has 1 heterocycles. The summed E-state index contributed by atoms with van der Waals surface area (Å²) in [6, 6.07) is 16.1. The van der Waals surface area contributed by atoms with Crippen molar-refractivity contribution in [3.63, 3.8) is 0 Å². The van der Waals surface area contributed by atoms with Crippen molar-refractivity contribution in [2.75, 3.05) is 5.32 Å².